The minimum atomic E-state index is -0.734. The second-order valence-corrected chi connectivity index (χ2v) is 10.6. The van der Waals surface area contributed by atoms with Gasteiger partial charge >= 0.3 is 6.03 Å². The SMILES string of the molecule is CC(C)(O)C1CCCN(C(=O)N2CC[C@@]3(C)c4ccccc4C[C@@H]2C3(C)C)C1. The molecule has 154 valence electrons. The van der Waals surface area contributed by atoms with Crippen molar-refractivity contribution in [1.82, 2.24) is 9.80 Å². The number of hydrogen-bond acceptors (Lipinski definition) is 2. The fraction of sp³-hybridized carbons (Fsp3) is 0.708. The minimum absolute atomic E-state index is 0.0285. The van der Waals surface area contributed by atoms with Crippen LogP contribution in [0.2, 0.25) is 0 Å². The number of carbonyl (C=O) groups excluding carboxylic acids is 1. The van der Waals surface area contributed by atoms with E-state index in [4.69, 9.17) is 0 Å². The maximum atomic E-state index is 13.6. The van der Waals surface area contributed by atoms with Crippen molar-refractivity contribution >= 4 is 6.03 Å². The van der Waals surface area contributed by atoms with Crippen LogP contribution >= 0.6 is 0 Å². The summed E-state index contributed by atoms with van der Waals surface area (Å²) < 4.78 is 0. The van der Waals surface area contributed by atoms with Gasteiger partial charge in [-0.25, -0.2) is 4.79 Å². The molecule has 0 spiro atoms. The molecule has 2 saturated heterocycles. The van der Waals surface area contributed by atoms with Crippen LogP contribution in [-0.4, -0.2) is 52.2 Å². The van der Waals surface area contributed by atoms with Crippen molar-refractivity contribution in [3.05, 3.63) is 35.4 Å². The molecule has 3 atom stereocenters. The highest BCUT2D eigenvalue weighted by molar-refractivity contribution is 5.75. The van der Waals surface area contributed by atoms with Crippen molar-refractivity contribution in [2.45, 2.75) is 77.4 Å². The Bertz CT molecular complexity index is 766. The molecule has 2 amide bonds. The number of amides is 2. The first-order valence-electron chi connectivity index (χ1n) is 10.9. The van der Waals surface area contributed by atoms with E-state index in [0.717, 1.165) is 38.8 Å². The molecule has 0 aromatic heterocycles. The zero-order valence-corrected chi connectivity index (χ0v) is 18.2. The maximum Gasteiger partial charge on any atom is 0.320 e. The van der Waals surface area contributed by atoms with Crippen molar-refractivity contribution in [3.8, 4) is 0 Å². The van der Waals surface area contributed by atoms with E-state index in [-0.39, 0.29) is 28.8 Å². The van der Waals surface area contributed by atoms with Gasteiger partial charge in [0, 0.05) is 37.0 Å². The predicted octanol–water partition coefficient (Wildman–Crippen LogP) is 4.20. The van der Waals surface area contributed by atoms with Crippen LogP contribution in [0.4, 0.5) is 4.79 Å². The molecule has 1 aliphatic carbocycles. The highest BCUT2D eigenvalue weighted by Crippen LogP contribution is 2.56. The number of urea groups is 1. The number of rotatable bonds is 1. The molecule has 1 unspecified atom stereocenters. The highest BCUT2D eigenvalue weighted by atomic mass is 16.3. The van der Waals surface area contributed by atoms with E-state index in [2.05, 4.69) is 49.9 Å². The lowest BCUT2D eigenvalue weighted by Crippen LogP contribution is -2.67. The van der Waals surface area contributed by atoms with E-state index in [0.29, 0.717) is 6.54 Å². The zero-order chi connectivity index (χ0) is 20.3. The molecule has 2 aliphatic heterocycles. The van der Waals surface area contributed by atoms with Crippen molar-refractivity contribution in [1.29, 1.82) is 0 Å². The van der Waals surface area contributed by atoms with Gasteiger partial charge in [-0.15, -0.1) is 0 Å². The van der Waals surface area contributed by atoms with Gasteiger partial charge in [-0.3, -0.25) is 0 Å². The molecule has 1 N–H and O–H groups in total. The number of carbonyl (C=O) groups is 1. The van der Waals surface area contributed by atoms with Crippen LogP contribution in [0.1, 0.15) is 65.0 Å². The smallest absolute Gasteiger partial charge is 0.320 e. The van der Waals surface area contributed by atoms with Gasteiger partial charge in [-0.05, 0) is 56.1 Å². The van der Waals surface area contributed by atoms with Gasteiger partial charge in [0.25, 0.3) is 0 Å². The Hall–Kier alpha value is -1.55. The summed E-state index contributed by atoms with van der Waals surface area (Å²) in [4.78, 5) is 17.8. The fourth-order valence-electron chi connectivity index (χ4n) is 6.01. The lowest BCUT2D eigenvalue weighted by molar-refractivity contribution is -0.0378. The largest absolute Gasteiger partial charge is 0.390 e. The summed E-state index contributed by atoms with van der Waals surface area (Å²) in [5.41, 5.74) is 2.27. The number of likely N-dealkylation sites (tertiary alicyclic amines) is 2. The Morgan fingerprint density at radius 2 is 1.89 bits per heavy atom. The van der Waals surface area contributed by atoms with Crippen LogP contribution in [0.5, 0.6) is 0 Å². The molecule has 0 radical (unpaired) electrons. The highest BCUT2D eigenvalue weighted by Gasteiger charge is 2.57. The summed E-state index contributed by atoms with van der Waals surface area (Å²) in [5.74, 6) is 0.153. The van der Waals surface area contributed by atoms with Gasteiger partial charge in [-0.2, -0.15) is 0 Å². The summed E-state index contributed by atoms with van der Waals surface area (Å²) >= 11 is 0. The molecule has 1 aromatic carbocycles. The van der Waals surface area contributed by atoms with Gasteiger partial charge in [0.1, 0.15) is 0 Å². The Morgan fingerprint density at radius 1 is 1.18 bits per heavy atom. The normalized spacial score (nSPS) is 32.1. The van der Waals surface area contributed by atoms with Crippen molar-refractivity contribution in [2.24, 2.45) is 11.3 Å². The van der Waals surface area contributed by atoms with E-state index in [1.807, 2.05) is 18.7 Å². The van der Waals surface area contributed by atoms with Gasteiger partial charge in [0.15, 0.2) is 0 Å². The first-order valence-corrected chi connectivity index (χ1v) is 10.9. The molecule has 4 rings (SSSR count). The Balaban J connectivity index is 1.62. The Morgan fingerprint density at radius 3 is 2.61 bits per heavy atom. The van der Waals surface area contributed by atoms with E-state index in [9.17, 15) is 9.90 Å². The molecule has 1 aromatic rings. The second-order valence-electron chi connectivity index (χ2n) is 10.6. The van der Waals surface area contributed by atoms with Crippen LogP contribution in [0.3, 0.4) is 0 Å². The third kappa shape index (κ3) is 2.87. The number of benzene rings is 1. The average molecular weight is 385 g/mol. The van der Waals surface area contributed by atoms with E-state index < -0.39 is 5.60 Å². The lowest BCUT2D eigenvalue weighted by atomic mass is 9.51. The number of aliphatic hydroxyl groups is 1. The quantitative estimate of drug-likeness (QED) is 0.788. The van der Waals surface area contributed by atoms with E-state index >= 15 is 0 Å². The summed E-state index contributed by atoms with van der Waals surface area (Å²) in [6.45, 7) is 13.1. The molecule has 2 heterocycles. The van der Waals surface area contributed by atoms with Gasteiger partial charge < -0.3 is 14.9 Å². The van der Waals surface area contributed by atoms with Crippen LogP contribution in [0.15, 0.2) is 24.3 Å². The first-order chi connectivity index (χ1) is 13.1. The van der Waals surface area contributed by atoms with E-state index in [1.165, 1.54) is 11.1 Å². The molecule has 4 nitrogen and oxygen atoms in total. The predicted molar refractivity (Wildman–Crippen MR) is 112 cm³/mol. The molecule has 2 fully saturated rings. The third-order valence-electron chi connectivity index (χ3n) is 8.45. The summed E-state index contributed by atoms with van der Waals surface area (Å²) in [6.07, 6.45) is 3.91. The van der Waals surface area contributed by atoms with Crippen LogP contribution in [0, 0.1) is 11.3 Å². The van der Waals surface area contributed by atoms with Crippen LogP contribution in [0.25, 0.3) is 0 Å². The minimum Gasteiger partial charge on any atom is -0.390 e. The van der Waals surface area contributed by atoms with Crippen molar-refractivity contribution in [3.63, 3.8) is 0 Å². The summed E-state index contributed by atoms with van der Waals surface area (Å²) in [7, 11) is 0. The molecular weight excluding hydrogens is 348 g/mol. The van der Waals surface area contributed by atoms with E-state index in [1.54, 1.807) is 0 Å². The van der Waals surface area contributed by atoms with Gasteiger partial charge in [0.05, 0.1) is 5.60 Å². The summed E-state index contributed by atoms with van der Waals surface area (Å²) in [6, 6.07) is 9.21. The second kappa shape index (κ2) is 6.48. The number of hydrogen-bond donors (Lipinski definition) is 1. The fourth-order valence-corrected chi connectivity index (χ4v) is 6.01. The summed E-state index contributed by atoms with van der Waals surface area (Å²) in [5, 5.41) is 10.5. The van der Waals surface area contributed by atoms with Crippen molar-refractivity contribution < 1.29 is 9.90 Å². The molecule has 28 heavy (non-hydrogen) atoms. The monoisotopic (exact) mass is 384 g/mol. The molecule has 3 aliphatic rings. The zero-order valence-electron chi connectivity index (χ0n) is 18.2. The maximum absolute atomic E-state index is 13.6. The Labute approximate surface area is 169 Å². The topological polar surface area (TPSA) is 43.8 Å². The molecular formula is C24H36N2O2. The van der Waals surface area contributed by atoms with Crippen LogP contribution < -0.4 is 0 Å². The third-order valence-corrected chi connectivity index (χ3v) is 8.45. The molecule has 0 saturated carbocycles. The average Bonchev–Trinajstić information content (AvgIpc) is 2.64. The van der Waals surface area contributed by atoms with Gasteiger partial charge in [0.2, 0.25) is 0 Å². The van der Waals surface area contributed by atoms with Gasteiger partial charge in [-0.1, -0.05) is 45.0 Å². The van der Waals surface area contributed by atoms with Crippen molar-refractivity contribution in [2.75, 3.05) is 19.6 Å². The number of piperidine rings is 2. The molecule has 2 bridgehead atoms. The number of fused-ring (bicyclic) bond motifs is 4. The van der Waals surface area contributed by atoms with Crippen LogP contribution in [-0.2, 0) is 11.8 Å². The lowest BCUT2D eigenvalue weighted by Gasteiger charge is -2.61. The number of nitrogens with zero attached hydrogens (tertiary/aromatic N) is 2. The standard InChI is InChI=1S/C24H36N2O2/c1-22(2)20-15-17-9-6-7-11-19(17)24(22,5)12-14-26(20)21(27)25-13-8-10-18(16-25)23(3,4)28/h6-7,9,11,18,20,28H,8,10,12-16H2,1-5H3/t18?,20-,24+/m1/s1. The Kier molecular flexibility index (Phi) is 4.57. The molecule has 4 heteroatoms. The first kappa shape index (κ1) is 19.8.